The van der Waals surface area contributed by atoms with E-state index in [0.717, 1.165) is 21.1 Å². The van der Waals surface area contributed by atoms with Crippen molar-refractivity contribution in [2.45, 2.75) is 6.18 Å². The molecule has 0 bridgehead atoms. The lowest BCUT2D eigenvalue weighted by molar-refractivity contribution is -0.137. The molecule has 0 amide bonds. The minimum Gasteiger partial charge on any atom is -0.369 e. The summed E-state index contributed by atoms with van der Waals surface area (Å²) in [6.07, 6.45) is -4.41. The topological polar surface area (TPSA) is 41.6 Å². The maximum Gasteiger partial charge on any atom is 0.416 e. The van der Waals surface area contributed by atoms with Crippen LogP contribution in [-0.2, 0) is 6.18 Å². The lowest BCUT2D eigenvalue weighted by Gasteiger charge is -2.19. The standard InChI is InChI=1S/C15H12Br2F3N3.ClH/c1-23(11-4-2-3-9(7-11)15(18,19)20)14(21)22-13-8-10(16)5-6-12(13)17;/h2-8H,1H3,(H2,21,22);1H. The van der Waals surface area contributed by atoms with Gasteiger partial charge in [-0.15, -0.1) is 12.4 Å². The zero-order chi connectivity index (χ0) is 17.2. The molecule has 0 unspecified atom stereocenters. The van der Waals surface area contributed by atoms with Crippen LogP contribution in [-0.4, -0.2) is 13.0 Å². The number of halogens is 6. The Bertz CT molecular complexity index is 751. The molecule has 0 aliphatic heterocycles. The Morgan fingerprint density at radius 1 is 1.12 bits per heavy atom. The van der Waals surface area contributed by atoms with Gasteiger partial charge in [0.2, 0.25) is 5.96 Å². The predicted molar refractivity (Wildman–Crippen MR) is 100 cm³/mol. The molecular formula is C15H13Br2ClF3N3. The van der Waals surface area contributed by atoms with Gasteiger partial charge in [0.25, 0.3) is 0 Å². The van der Waals surface area contributed by atoms with Gasteiger partial charge in [0.05, 0.1) is 11.3 Å². The molecule has 9 heteroatoms. The maximum absolute atomic E-state index is 12.8. The van der Waals surface area contributed by atoms with Crippen molar-refractivity contribution in [3.05, 3.63) is 57.0 Å². The van der Waals surface area contributed by atoms with Crippen LogP contribution in [0.2, 0.25) is 0 Å². The number of alkyl halides is 3. The third-order valence-corrected chi connectivity index (χ3v) is 4.21. The molecular weight excluding hydrogens is 474 g/mol. The zero-order valence-electron chi connectivity index (χ0n) is 12.3. The molecule has 2 rings (SSSR count). The summed E-state index contributed by atoms with van der Waals surface area (Å²) in [5, 5.41) is 0. The van der Waals surface area contributed by atoms with Gasteiger partial charge in [-0.3, -0.25) is 0 Å². The maximum atomic E-state index is 12.8. The van der Waals surface area contributed by atoms with Gasteiger partial charge in [-0.05, 0) is 52.3 Å². The van der Waals surface area contributed by atoms with Crippen LogP contribution in [0.1, 0.15) is 5.56 Å². The molecule has 2 N–H and O–H groups in total. The van der Waals surface area contributed by atoms with Crippen LogP contribution in [0.25, 0.3) is 0 Å². The molecule has 0 spiro atoms. The molecule has 0 aliphatic rings. The Balaban J connectivity index is 0.00000288. The average Bonchev–Trinajstić information content (AvgIpc) is 2.49. The highest BCUT2D eigenvalue weighted by Gasteiger charge is 2.30. The van der Waals surface area contributed by atoms with E-state index in [2.05, 4.69) is 36.9 Å². The number of benzene rings is 2. The molecule has 0 saturated carbocycles. The highest BCUT2D eigenvalue weighted by Crippen LogP contribution is 2.32. The van der Waals surface area contributed by atoms with Gasteiger partial charge in [-0.25, -0.2) is 4.99 Å². The van der Waals surface area contributed by atoms with E-state index in [9.17, 15) is 13.2 Å². The second kappa shape index (κ2) is 8.22. The summed E-state index contributed by atoms with van der Waals surface area (Å²) in [6.45, 7) is 0. The van der Waals surface area contributed by atoms with Gasteiger partial charge >= 0.3 is 6.18 Å². The van der Waals surface area contributed by atoms with Crippen molar-refractivity contribution < 1.29 is 13.2 Å². The van der Waals surface area contributed by atoms with Gasteiger partial charge in [-0.1, -0.05) is 22.0 Å². The van der Waals surface area contributed by atoms with Crippen molar-refractivity contribution in [3.63, 3.8) is 0 Å². The van der Waals surface area contributed by atoms with Crippen molar-refractivity contribution >= 4 is 61.6 Å². The van der Waals surface area contributed by atoms with E-state index in [1.54, 1.807) is 19.2 Å². The number of rotatable bonds is 2. The first kappa shape index (κ1) is 20.8. The fraction of sp³-hybridized carbons (Fsp3) is 0.133. The second-order valence-corrected chi connectivity index (χ2v) is 6.44. The lowest BCUT2D eigenvalue weighted by Crippen LogP contribution is -2.33. The van der Waals surface area contributed by atoms with E-state index in [1.807, 2.05) is 6.07 Å². The zero-order valence-corrected chi connectivity index (χ0v) is 16.3. The van der Waals surface area contributed by atoms with E-state index in [1.165, 1.54) is 17.0 Å². The van der Waals surface area contributed by atoms with Gasteiger partial charge in [0.15, 0.2) is 0 Å². The third-order valence-electron chi connectivity index (χ3n) is 3.05. The minimum atomic E-state index is -4.41. The normalized spacial score (nSPS) is 11.8. The number of anilines is 1. The largest absolute Gasteiger partial charge is 0.416 e. The van der Waals surface area contributed by atoms with Crippen LogP contribution in [0.5, 0.6) is 0 Å². The molecule has 0 fully saturated rings. The van der Waals surface area contributed by atoms with Gasteiger partial charge < -0.3 is 10.6 Å². The monoisotopic (exact) mass is 485 g/mol. The number of nitrogens with zero attached hydrogens (tertiary/aromatic N) is 2. The van der Waals surface area contributed by atoms with E-state index < -0.39 is 11.7 Å². The molecule has 0 aromatic heterocycles. The molecule has 0 radical (unpaired) electrons. The van der Waals surface area contributed by atoms with Gasteiger partial charge in [-0.2, -0.15) is 13.2 Å². The summed E-state index contributed by atoms with van der Waals surface area (Å²) in [6, 6.07) is 10.3. The number of aliphatic imine (C=N–C) groups is 1. The average molecular weight is 488 g/mol. The van der Waals surface area contributed by atoms with Crippen molar-refractivity contribution in [2.75, 3.05) is 11.9 Å². The Kier molecular flexibility index (Phi) is 7.12. The Morgan fingerprint density at radius 3 is 2.42 bits per heavy atom. The summed E-state index contributed by atoms with van der Waals surface area (Å²) in [5.74, 6) is 0.0723. The summed E-state index contributed by atoms with van der Waals surface area (Å²) >= 11 is 6.68. The van der Waals surface area contributed by atoms with Crippen molar-refractivity contribution in [1.82, 2.24) is 0 Å². The molecule has 0 atom stereocenters. The highest BCUT2D eigenvalue weighted by molar-refractivity contribution is 9.11. The van der Waals surface area contributed by atoms with Crippen LogP contribution < -0.4 is 10.6 Å². The first-order valence-corrected chi connectivity index (χ1v) is 7.97. The number of hydrogen-bond donors (Lipinski definition) is 1. The fourth-order valence-corrected chi connectivity index (χ4v) is 2.48. The minimum absolute atomic E-state index is 0. The molecule has 130 valence electrons. The Hall–Kier alpha value is -1.25. The van der Waals surface area contributed by atoms with Crippen LogP contribution in [0.4, 0.5) is 24.5 Å². The lowest BCUT2D eigenvalue weighted by atomic mass is 10.2. The second-order valence-electron chi connectivity index (χ2n) is 4.67. The molecule has 3 nitrogen and oxygen atoms in total. The molecule has 24 heavy (non-hydrogen) atoms. The van der Waals surface area contributed by atoms with E-state index in [0.29, 0.717) is 11.4 Å². The summed E-state index contributed by atoms with van der Waals surface area (Å²) in [7, 11) is 1.56. The molecule has 0 aliphatic carbocycles. The SMILES string of the molecule is CN(C(N)=Nc1cc(Br)ccc1Br)c1cccc(C(F)(F)F)c1.Cl. The first-order chi connectivity index (χ1) is 10.7. The fourth-order valence-electron chi connectivity index (χ4n) is 1.79. The van der Waals surface area contributed by atoms with Gasteiger partial charge in [0.1, 0.15) is 0 Å². The number of hydrogen-bond acceptors (Lipinski definition) is 1. The van der Waals surface area contributed by atoms with Crippen molar-refractivity contribution in [2.24, 2.45) is 10.7 Å². The Labute approximate surface area is 160 Å². The summed E-state index contributed by atoms with van der Waals surface area (Å²) < 4.78 is 39.9. The molecule has 2 aromatic rings. The number of nitrogens with two attached hydrogens (primary N) is 1. The van der Waals surface area contributed by atoms with Crippen molar-refractivity contribution in [3.8, 4) is 0 Å². The smallest absolute Gasteiger partial charge is 0.369 e. The molecule has 0 heterocycles. The Morgan fingerprint density at radius 2 is 1.79 bits per heavy atom. The third kappa shape index (κ3) is 5.12. The van der Waals surface area contributed by atoms with Crippen LogP contribution in [0, 0.1) is 0 Å². The first-order valence-electron chi connectivity index (χ1n) is 6.38. The summed E-state index contributed by atoms with van der Waals surface area (Å²) in [4.78, 5) is 5.64. The van der Waals surface area contributed by atoms with Crippen LogP contribution in [0.15, 0.2) is 56.4 Å². The van der Waals surface area contributed by atoms with Crippen molar-refractivity contribution in [1.29, 1.82) is 0 Å². The molecule has 0 saturated heterocycles. The number of guanidine groups is 1. The quantitative estimate of drug-likeness (QED) is 0.434. The van der Waals surface area contributed by atoms with E-state index in [4.69, 9.17) is 5.73 Å². The van der Waals surface area contributed by atoms with Crippen LogP contribution in [0.3, 0.4) is 0 Å². The molecule has 2 aromatic carbocycles. The summed E-state index contributed by atoms with van der Waals surface area (Å²) in [5.41, 5.74) is 6.04. The van der Waals surface area contributed by atoms with Gasteiger partial charge in [0, 0.05) is 21.7 Å². The van der Waals surface area contributed by atoms with E-state index >= 15 is 0 Å². The van der Waals surface area contributed by atoms with Crippen LogP contribution >= 0.6 is 44.3 Å². The highest BCUT2D eigenvalue weighted by atomic mass is 79.9. The predicted octanol–water partition coefficient (Wildman–Crippen LogP) is 5.73. The van der Waals surface area contributed by atoms with E-state index in [-0.39, 0.29) is 18.4 Å².